The van der Waals surface area contributed by atoms with Gasteiger partial charge in [-0.2, -0.15) is 0 Å². The highest BCUT2D eigenvalue weighted by atomic mass is 16.5. The Morgan fingerprint density at radius 2 is 1.72 bits per heavy atom. The van der Waals surface area contributed by atoms with Crippen molar-refractivity contribution in [1.29, 1.82) is 0 Å². The van der Waals surface area contributed by atoms with E-state index in [4.69, 9.17) is 4.74 Å². The van der Waals surface area contributed by atoms with Crippen molar-refractivity contribution in [3.05, 3.63) is 0 Å². The summed E-state index contributed by atoms with van der Waals surface area (Å²) in [6.45, 7) is 6.55. The van der Waals surface area contributed by atoms with Crippen molar-refractivity contribution in [3.8, 4) is 0 Å². The number of carbonyl (C=O) groups excluding carboxylic acids is 1. The van der Waals surface area contributed by atoms with E-state index in [1.165, 1.54) is 52.3 Å². The highest BCUT2D eigenvalue weighted by Gasteiger charge is 2.29. The van der Waals surface area contributed by atoms with E-state index in [9.17, 15) is 4.79 Å². The number of hydrogen-bond donors (Lipinski definition) is 0. The molecule has 4 heteroatoms. The number of rotatable bonds is 3. The molecule has 0 radical (unpaired) electrons. The smallest absolute Gasteiger partial charge is 0.322 e. The van der Waals surface area contributed by atoms with Crippen LogP contribution in [0.2, 0.25) is 0 Å². The van der Waals surface area contributed by atoms with Crippen LogP contribution in [-0.4, -0.2) is 61.1 Å². The molecule has 0 unspecified atom stereocenters. The van der Waals surface area contributed by atoms with Gasteiger partial charge < -0.3 is 9.64 Å². The molecule has 0 saturated carbocycles. The first kappa shape index (κ1) is 13.8. The van der Waals surface area contributed by atoms with Crippen LogP contribution in [0.25, 0.3) is 0 Å². The molecular formula is C14H26N2O2. The van der Waals surface area contributed by atoms with Gasteiger partial charge in [0.15, 0.2) is 0 Å². The van der Waals surface area contributed by atoms with Crippen LogP contribution in [-0.2, 0) is 9.53 Å². The van der Waals surface area contributed by atoms with E-state index in [1.54, 1.807) is 0 Å². The fourth-order valence-corrected chi connectivity index (χ4v) is 3.24. The van der Waals surface area contributed by atoms with Gasteiger partial charge in [0.2, 0.25) is 0 Å². The van der Waals surface area contributed by atoms with Crippen molar-refractivity contribution in [2.24, 2.45) is 0 Å². The van der Waals surface area contributed by atoms with Crippen molar-refractivity contribution >= 4 is 5.97 Å². The van der Waals surface area contributed by atoms with Gasteiger partial charge in [0, 0.05) is 19.1 Å². The summed E-state index contributed by atoms with van der Waals surface area (Å²) in [4.78, 5) is 16.4. The summed E-state index contributed by atoms with van der Waals surface area (Å²) in [6.07, 6.45) is 6.51. The van der Waals surface area contributed by atoms with Gasteiger partial charge >= 0.3 is 5.97 Å². The van der Waals surface area contributed by atoms with Crippen LogP contribution in [0.15, 0.2) is 0 Å². The molecule has 18 heavy (non-hydrogen) atoms. The topological polar surface area (TPSA) is 32.8 Å². The van der Waals surface area contributed by atoms with E-state index in [1.807, 2.05) is 6.92 Å². The third-order valence-electron chi connectivity index (χ3n) is 4.50. The van der Waals surface area contributed by atoms with E-state index < -0.39 is 0 Å². The summed E-state index contributed by atoms with van der Waals surface area (Å²) < 4.78 is 4.82. The third kappa shape index (κ3) is 3.23. The zero-order valence-electron chi connectivity index (χ0n) is 11.7. The molecule has 0 amide bonds. The van der Waals surface area contributed by atoms with Crippen molar-refractivity contribution in [1.82, 2.24) is 9.80 Å². The number of methoxy groups -OCH3 is 1. The first-order valence-electron chi connectivity index (χ1n) is 7.28. The number of carbonyl (C=O) groups is 1. The lowest BCUT2D eigenvalue weighted by Gasteiger charge is -2.41. The number of hydrogen-bond acceptors (Lipinski definition) is 4. The predicted molar refractivity (Wildman–Crippen MR) is 71.5 cm³/mol. The van der Waals surface area contributed by atoms with Crippen LogP contribution in [0.1, 0.15) is 39.0 Å². The Hall–Kier alpha value is -0.610. The molecule has 0 aromatic rings. The van der Waals surface area contributed by atoms with Crippen molar-refractivity contribution in [3.63, 3.8) is 0 Å². The molecule has 0 aromatic heterocycles. The fraction of sp³-hybridized carbons (Fsp3) is 0.929. The maximum absolute atomic E-state index is 11.5. The van der Waals surface area contributed by atoms with Crippen LogP contribution in [0, 0.1) is 0 Å². The molecule has 0 N–H and O–H groups in total. The van der Waals surface area contributed by atoms with Crippen LogP contribution >= 0.6 is 0 Å². The average molecular weight is 254 g/mol. The lowest BCUT2D eigenvalue weighted by Crippen LogP contribution is -2.50. The number of likely N-dealkylation sites (tertiary alicyclic amines) is 2. The molecule has 1 atom stereocenters. The predicted octanol–water partition coefficient (Wildman–Crippen LogP) is 1.50. The van der Waals surface area contributed by atoms with E-state index in [2.05, 4.69) is 9.80 Å². The van der Waals surface area contributed by atoms with Gasteiger partial charge in [-0.1, -0.05) is 6.42 Å². The van der Waals surface area contributed by atoms with Crippen LogP contribution in [0.5, 0.6) is 0 Å². The lowest BCUT2D eigenvalue weighted by atomic mass is 9.99. The Kier molecular flexibility index (Phi) is 5.01. The highest BCUT2D eigenvalue weighted by Crippen LogP contribution is 2.22. The molecule has 2 fully saturated rings. The third-order valence-corrected chi connectivity index (χ3v) is 4.50. The van der Waals surface area contributed by atoms with E-state index in [0.29, 0.717) is 0 Å². The molecule has 104 valence electrons. The minimum Gasteiger partial charge on any atom is -0.468 e. The molecule has 2 rings (SSSR count). The number of esters is 1. The first-order valence-corrected chi connectivity index (χ1v) is 7.28. The molecule has 2 aliphatic rings. The summed E-state index contributed by atoms with van der Waals surface area (Å²) in [5.74, 6) is -0.105. The Morgan fingerprint density at radius 3 is 2.28 bits per heavy atom. The fourth-order valence-electron chi connectivity index (χ4n) is 3.24. The quantitative estimate of drug-likeness (QED) is 0.715. The zero-order valence-corrected chi connectivity index (χ0v) is 11.7. The lowest BCUT2D eigenvalue weighted by molar-refractivity contribution is -0.147. The second-order valence-electron chi connectivity index (χ2n) is 5.56. The second kappa shape index (κ2) is 6.53. The summed E-state index contributed by atoms with van der Waals surface area (Å²) in [6, 6.07) is 0.656. The van der Waals surface area contributed by atoms with Crippen LogP contribution in [0.3, 0.4) is 0 Å². The maximum atomic E-state index is 11.5. The van der Waals surface area contributed by atoms with Gasteiger partial charge in [-0.15, -0.1) is 0 Å². The van der Waals surface area contributed by atoms with Crippen LogP contribution < -0.4 is 0 Å². The first-order chi connectivity index (χ1) is 8.72. The summed E-state index contributed by atoms with van der Waals surface area (Å²) in [5.41, 5.74) is 0. The van der Waals surface area contributed by atoms with Crippen molar-refractivity contribution in [2.75, 3.05) is 33.3 Å². The van der Waals surface area contributed by atoms with Gasteiger partial charge in [0.1, 0.15) is 6.04 Å². The Bertz CT molecular complexity index is 269. The summed E-state index contributed by atoms with van der Waals surface area (Å²) >= 11 is 0. The molecule has 2 saturated heterocycles. The van der Waals surface area contributed by atoms with Gasteiger partial charge in [-0.25, -0.2) is 0 Å². The maximum Gasteiger partial charge on any atom is 0.322 e. The Balaban J connectivity index is 1.78. The standard InChI is InChI=1S/C14H26N2O2/c1-12(14(17)18-2)15-10-6-13(7-11-15)16-8-4-3-5-9-16/h12-13H,3-11H2,1-2H3/t12-/m0/s1. The molecule has 2 aliphatic heterocycles. The van der Waals surface area contributed by atoms with Gasteiger partial charge in [-0.05, 0) is 45.7 Å². The van der Waals surface area contributed by atoms with E-state index in [-0.39, 0.29) is 12.0 Å². The molecule has 0 bridgehead atoms. The molecule has 4 nitrogen and oxygen atoms in total. The van der Waals surface area contributed by atoms with Crippen molar-refractivity contribution < 1.29 is 9.53 Å². The second-order valence-corrected chi connectivity index (χ2v) is 5.56. The Labute approximate surface area is 110 Å². The van der Waals surface area contributed by atoms with Gasteiger partial charge in [-0.3, -0.25) is 9.69 Å². The van der Waals surface area contributed by atoms with Gasteiger partial charge in [0.05, 0.1) is 7.11 Å². The summed E-state index contributed by atoms with van der Waals surface area (Å²) in [5, 5.41) is 0. The monoisotopic (exact) mass is 254 g/mol. The minimum atomic E-state index is -0.105. The van der Waals surface area contributed by atoms with E-state index in [0.717, 1.165) is 19.1 Å². The van der Waals surface area contributed by atoms with Crippen molar-refractivity contribution in [2.45, 2.75) is 51.1 Å². The Morgan fingerprint density at radius 1 is 1.11 bits per heavy atom. The SMILES string of the molecule is COC(=O)[C@H](C)N1CCC(N2CCCCC2)CC1. The molecule has 2 heterocycles. The molecule has 0 aromatic carbocycles. The molecular weight excluding hydrogens is 228 g/mol. The molecule has 0 spiro atoms. The zero-order chi connectivity index (χ0) is 13.0. The van der Waals surface area contributed by atoms with Crippen LogP contribution in [0.4, 0.5) is 0 Å². The molecule has 0 aliphatic carbocycles. The number of nitrogens with zero attached hydrogens (tertiary/aromatic N) is 2. The summed E-state index contributed by atoms with van der Waals surface area (Å²) in [7, 11) is 1.47. The number of ether oxygens (including phenoxy) is 1. The largest absolute Gasteiger partial charge is 0.468 e. The highest BCUT2D eigenvalue weighted by molar-refractivity contribution is 5.75. The normalized spacial score (nSPS) is 25.9. The minimum absolute atomic E-state index is 0.0858. The average Bonchev–Trinajstić information content (AvgIpc) is 2.47. The number of piperidine rings is 2. The van der Waals surface area contributed by atoms with E-state index >= 15 is 0 Å². The van der Waals surface area contributed by atoms with Gasteiger partial charge in [0.25, 0.3) is 0 Å².